The van der Waals surface area contributed by atoms with Crippen molar-refractivity contribution in [1.82, 2.24) is 10.3 Å². The highest BCUT2D eigenvalue weighted by atomic mass is 16.1. The second-order valence-electron chi connectivity index (χ2n) is 3.41. The number of fused-ring (bicyclic) bond motifs is 1. The number of aromatic amines is 1. The molecule has 0 aliphatic rings. The Morgan fingerprint density at radius 3 is 2.87 bits per heavy atom. The lowest BCUT2D eigenvalue weighted by atomic mass is 10.1. The van der Waals surface area contributed by atoms with Crippen LogP contribution in [-0.2, 0) is 4.79 Å². The van der Waals surface area contributed by atoms with E-state index in [2.05, 4.69) is 10.3 Å². The molecule has 0 bridgehead atoms. The summed E-state index contributed by atoms with van der Waals surface area (Å²) >= 11 is 0. The van der Waals surface area contributed by atoms with Crippen molar-refractivity contribution in [3.63, 3.8) is 0 Å². The van der Waals surface area contributed by atoms with Gasteiger partial charge in [-0.2, -0.15) is 0 Å². The minimum absolute atomic E-state index is 0.373. The van der Waals surface area contributed by atoms with Gasteiger partial charge >= 0.3 is 0 Å². The Hall–Kier alpha value is -1.81. The number of hydrogen-bond donors (Lipinski definition) is 3. The maximum Gasteiger partial charge on any atom is 0.239 e. The Balaban J connectivity index is 2.55. The third kappa shape index (κ3) is 1.59. The van der Waals surface area contributed by atoms with Crippen molar-refractivity contribution in [3.8, 4) is 0 Å². The molecule has 2 aromatic rings. The molecule has 4 heteroatoms. The largest absolute Gasteiger partial charge is 0.368 e. The Labute approximate surface area is 87.5 Å². The Bertz CT molecular complexity index is 489. The van der Waals surface area contributed by atoms with Gasteiger partial charge in [-0.3, -0.25) is 4.79 Å². The van der Waals surface area contributed by atoms with Gasteiger partial charge in [-0.15, -0.1) is 0 Å². The number of amides is 1. The van der Waals surface area contributed by atoms with Gasteiger partial charge in [0, 0.05) is 22.7 Å². The number of H-pyrrole nitrogens is 1. The lowest BCUT2D eigenvalue weighted by molar-refractivity contribution is -0.120. The molecule has 0 saturated heterocycles. The number of aromatic nitrogens is 1. The van der Waals surface area contributed by atoms with Crippen molar-refractivity contribution < 1.29 is 4.79 Å². The number of carbonyl (C=O) groups is 1. The molecule has 0 saturated carbocycles. The van der Waals surface area contributed by atoms with Crippen molar-refractivity contribution in [1.29, 1.82) is 0 Å². The van der Waals surface area contributed by atoms with Gasteiger partial charge in [0.15, 0.2) is 0 Å². The molecule has 15 heavy (non-hydrogen) atoms. The zero-order chi connectivity index (χ0) is 10.8. The number of hydrogen-bond acceptors (Lipinski definition) is 2. The SMILES string of the molecule is CNC(C(N)=O)c1c[nH]c2ccccc12. The summed E-state index contributed by atoms with van der Waals surface area (Å²) in [5, 5.41) is 3.93. The van der Waals surface area contributed by atoms with Gasteiger partial charge in [0.2, 0.25) is 5.91 Å². The molecule has 1 heterocycles. The summed E-state index contributed by atoms with van der Waals surface area (Å²) in [6.07, 6.45) is 1.82. The van der Waals surface area contributed by atoms with Gasteiger partial charge < -0.3 is 16.0 Å². The van der Waals surface area contributed by atoms with Crippen molar-refractivity contribution in [2.24, 2.45) is 5.73 Å². The van der Waals surface area contributed by atoms with Gasteiger partial charge in [-0.05, 0) is 13.1 Å². The van der Waals surface area contributed by atoms with Crippen LogP contribution in [0.4, 0.5) is 0 Å². The predicted molar refractivity (Wildman–Crippen MR) is 59.3 cm³/mol. The molecule has 1 amide bonds. The molecule has 0 fully saturated rings. The quantitative estimate of drug-likeness (QED) is 0.694. The molecule has 78 valence electrons. The molecular weight excluding hydrogens is 190 g/mol. The first-order valence-electron chi connectivity index (χ1n) is 4.76. The second-order valence-corrected chi connectivity index (χ2v) is 3.41. The predicted octanol–water partition coefficient (Wildman–Crippen LogP) is 0.914. The van der Waals surface area contributed by atoms with Crippen LogP contribution in [0.3, 0.4) is 0 Å². The van der Waals surface area contributed by atoms with E-state index < -0.39 is 6.04 Å². The minimum atomic E-state index is -0.443. The highest BCUT2D eigenvalue weighted by Gasteiger charge is 2.18. The molecule has 0 radical (unpaired) electrons. The number of nitrogens with two attached hydrogens (primary N) is 1. The van der Waals surface area contributed by atoms with Gasteiger partial charge in [0.25, 0.3) is 0 Å². The van der Waals surface area contributed by atoms with E-state index in [0.717, 1.165) is 16.5 Å². The molecule has 0 aliphatic heterocycles. The molecule has 1 aromatic heterocycles. The standard InChI is InChI=1S/C11H13N3O/c1-13-10(11(12)15)8-6-14-9-5-3-2-4-7(8)9/h2-6,10,13-14H,1H3,(H2,12,15). The van der Waals surface area contributed by atoms with Crippen LogP contribution in [0.5, 0.6) is 0 Å². The molecule has 2 rings (SSSR count). The van der Waals surface area contributed by atoms with Crippen molar-refractivity contribution >= 4 is 16.8 Å². The minimum Gasteiger partial charge on any atom is -0.368 e. The summed E-state index contributed by atoms with van der Waals surface area (Å²) in [6.45, 7) is 0. The van der Waals surface area contributed by atoms with Crippen molar-refractivity contribution in [2.45, 2.75) is 6.04 Å². The van der Waals surface area contributed by atoms with Gasteiger partial charge in [0.1, 0.15) is 6.04 Å². The van der Waals surface area contributed by atoms with Crippen LogP contribution in [0.15, 0.2) is 30.5 Å². The van der Waals surface area contributed by atoms with E-state index in [1.807, 2.05) is 30.5 Å². The average Bonchev–Trinajstić information content (AvgIpc) is 2.63. The van der Waals surface area contributed by atoms with Crippen molar-refractivity contribution in [2.75, 3.05) is 7.05 Å². The van der Waals surface area contributed by atoms with E-state index in [1.54, 1.807) is 7.05 Å². The number of likely N-dealkylation sites (N-methyl/N-ethyl adjacent to an activating group) is 1. The Morgan fingerprint density at radius 1 is 1.47 bits per heavy atom. The average molecular weight is 203 g/mol. The molecule has 1 unspecified atom stereocenters. The molecule has 4 N–H and O–H groups in total. The fraction of sp³-hybridized carbons (Fsp3) is 0.182. The zero-order valence-electron chi connectivity index (χ0n) is 8.45. The summed E-state index contributed by atoms with van der Waals surface area (Å²) in [5.41, 5.74) is 7.21. The number of rotatable bonds is 3. The van der Waals surface area contributed by atoms with Gasteiger partial charge in [0.05, 0.1) is 0 Å². The summed E-state index contributed by atoms with van der Waals surface area (Å²) < 4.78 is 0. The number of benzene rings is 1. The van der Waals surface area contributed by atoms with E-state index in [4.69, 9.17) is 5.73 Å². The highest BCUT2D eigenvalue weighted by molar-refractivity contribution is 5.90. The van der Waals surface area contributed by atoms with E-state index in [0.29, 0.717) is 0 Å². The number of nitrogens with one attached hydrogen (secondary N) is 2. The first-order chi connectivity index (χ1) is 7.24. The van der Waals surface area contributed by atoms with E-state index in [-0.39, 0.29) is 5.91 Å². The van der Waals surface area contributed by atoms with E-state index >= 15 is 0 Å². The van der Waals surface area contributed by atoms with Crippen LogP contribution in [-0.4, -0.2) is 17.9 Å². The third-order valence-electron chi connectivity index (χ3n) is 2.51. The summed E-state index contributed by atoms with van der Waals surface area (Å²) in [4.78, 5) is 14.3. The molecule has 1 aromatic carbocycles. The maximum atomic E-state index is 11.2. The van der Waals surface area contributed by atoms with E-state index in [9.17, 15) is 4.79 Å². The first kappa shape index (κ1) is 9.73. The monoisotopic (exact) mass is 203 g/mol. The molecule has 1 atom stereocenters. The Kier molecular flexibility index (Phi) is 2.43. The van der Waals surface area contributed by atoms with Crippen LogP contribution in [0.2, 0.25) is 0 Å². The number of primary amides is 1. The second kappa shape index (κ2) is 3.74. The van der Waals surface area contributed by atoms with Crippen molar-refractivity contribution in [3.05, 3.63) is 36.0 Å². The lowest BCUT2D eigenvalue weighted by Crippen LogP contribution is -2.30. The fourth-order valence-electron chi connectivity index (χ4n) is 1.78. The van der Waals surface area contributed by atoms with Crippen LogP contribution in [0.1, 0.15) is 11.6 Å². The summed E-state index contributed by atoms with van der Waals surface area (Å²) in [5.74, 6) is -0.373. The molecule has 0 aliphatic carbocycles. The molecular formula is C11H13N3O. The Morgan fingerprint density at radius 2 is 2.20 bits per heavy atom. The summed E-state index contributed by atoms with van der Waals surface area (Å²) in [7, 11) is 1.72. The lowest BCUT2D eigenvalue weighted by Gasteiger charge is -2.10. The van der Waals surface area contributed by atoms with E-state index in [1.165, 1.54) is 0 Å². The summed E-state index contributed by atoms with van der Waals surface area (Å²) in [6, 6.07) is 7.37. The fourth-order valence-corrected chi connectivity index (χ4v) is 1.78. The number of carbonyl (C=O) groups excluding carboxylic acids is 1. The normalized spacial score (nSPS) is 12.9. The zero-order valence-corrected chi connectivity index (χ0v) is 8.45. The van der Waals surface area contributed by atoms with Crippen LogP contribution < -0.4 is 11.1 Å². The third-order valence-corrected chi connectivity index (χ3v) is 2.51. The van der Waals surface area contributed by atoms with Crippen LogP contribution >= 0.6 is 0 Å². The highest BCUT2D eigenvalue weighted by Crippen LogP contribution is 2.23. The molecule has 4 nitrogen and oxygen atoms in total. The smallest absolute Gasteiger partial charge is 0.239 e. The van der Waals surface area contributed by atoms with Crippen LogP contribution in [0, 0.1) is 0 Å². The van der Waals surface area contributed by atoms with Gasteiger partial charge in [-0.25, -0.2) is 0 Å². The first-order valence-corrected chi connectivity index (χ1v) is 4.76. The van der Waals surface area contributed by atoms with Gasteiger partial charge in [-0.1, -0.05) is 18.2 Å². The molecule has 0 spiro atoms. The number of para-hydroxylation sites is 1. The van der Waals surface area contributed by atoms with Crippen LogP contribution in [0.25, 0.3) is 10.9 Å². The topological polar surface area (TPSA) is 70.9 Å². The maximum absolute atomic E-state index is 11.2.